The van der Waals surface area contributed by atoms with Gasteiger partial charge in [-0.25, -0.2) is 9.97 Å². The molecule has 31 heavy (non-hydrogen) atoms. The second-order valence-electron chi connectivity index (χ2n) is 7.22. The molecule has 1 aliphatic rings. The monoisotopic (exact) mass is 482 g/mol. The maximum absolute atomic E-state index is 12.7. The van der Waals surface area contributed by atoms with Crippen molar-refractivity contribution in [3.8, 4) is 17.4 Å². The van der Waals surface area contributed by atoms with Crippen molar-refractivity contribution in [2.45, 2.75) is 12.8 Å². The third-order valence-corrected chi connectivity index (χ3v) is 5.71. The summed E-state index contributed by atoms with van der Waals surface area (Å²) in [6.07, 6.45) is 4.73. The fourth-order valence-corrected chi connectivity index (χ4v) is 3.78. The first-order chi connectivity index (χ1) is 15.1. The van der Waals surface area contributed by atoms with Gasteiger partial charge >= 0.3 is 0 Å². The molecule has 0 radical (unpaired) electrons. The highest BCUT2D eigenvalue weighted by molar-refractivity contribution is 9.10. The fourth-order valence-electron chi connectivity index (χ4n) is 3.51. The number of hydrogen-bond donors (Lipinski definition) is 1. The summed E-state index contributed by atoms with van der Waals surface area (Å²) >= 11 is 3.41. The van der Waals surface area contributed by atoms with E-state index in [1.165, 1.54) is 0 Å². The lowest BCUT2D eigenvalue weighted by atomic mass is 9.96. The lowest BCUT2D eigenvalue weighted by Crippen LogP contribution is -2.38. The van der Waals surface area contributed by atoms with Crippen LogP contribution in [0.4, 0.5) is 11.5 Å². The number of nitrogens with one attached hydrogen (secondary N) is 1. The van der Waals surface area contributed by atoms with Gasteiger partial charge in [-0.15, -0.1) is 0 Å². The van der Waals surface area contributed by atoms with E-state index in [0.29, 0.717) is 36.3 Å². The van der Waals surface area contributed by atoms with Crippen LogP contribution in [0.3, 0.4) is 0 Å². The van der Waals surface area contributed by atoms with Crippen molar-refractivity contribution in [3.63, 3.8) is 0 Å². The van der Waals surface area contributed by atoms with Crippen molar-refractivity contribution >= 4 is 33.3 Å². The molecule has 2 aromatic carbocycles. The van der Waals surface area contributed by atoms with Crippen LogP contribution in [0.2, 0.25) is 0 Å². The Balaban J connectivity index is 1.39. The number of hydrogen-bond acceptors (Lipinski definition) is 6. The van der Waals surface area contributed by atoms with Crippen molar-refractivity contribution < 1.29 is 14.3 Å². The Morgan fingerprint density at radius 2 is 1.77 bits per heavy atom. The van der Waals surface area contributed by atoms with E-state index in [1.54, 1.807) is 25.6 Å². The molecular formula is C23H23BrN4O3. The minimum atomic E-state index is -0.0423. The number of halogens is 1. The molecule has 1 amide bonds. The molecule has 1 aliphatic heterocycles. The summed E-state index contributed by atoms with van der Waals surface area (Å²) in [7, 11) is 1.61. The number of rotatable bonds is 6. The number of benzene rings is 2. The predicted molar refractivity (Wildman–Crippen MR) is 123 cm³/mol. The third kappa shape index (κ3) is 5.32. The Morgan fingerprint density at radius 1 is 1.06 bits per heavy atom. The molecule has 8 heteroatoms. The van der Waals surface area contributed by atoms with Crippen LogP contribution in [-0.2, 0) is 4.79 Å². The normalized spacial score (nSPS) is 14.2. The summed E-state index contributed by atoms with van der Waals surface area (Å²) in [5.74, 6) is 2.46. The summed E-state index contributed by atoms with van der Waals surface area (Å²) in [4.78, 5) is 23.6. The van der Waals surface area contributed by atoms with Gasteiger partial charge in [-0.1, -0.05) is 22.0 Å². The second-order valence-corrected chi connectivity index (χ2v) is 8.14. The molecule has 1 N–H and O–H groups in total. The Hall–Kier alpha value is -3.13. The van der Waals surface area contributed by atoms with Gasteiger partial charge in [0, 0.05) is 47.6 Å². The minimum absolute atomic E-state index is 0.0423. The number of methoxy groups -OCH3 is 1. The molecule has 0 saturated carbocycles. The second kappa shape index (κ2) is 9.78. The van der Waals surface area contributed by atoms with E-state index >= 15 is 0 Å². The number of anilines is 2. The number of amides is 1. The lowest BCUT2D eigenvalue weighted by Gasteiger charge is -2.32. The van der Waals surface area contributed by atoms with Crippen LogP contribution >= 0.6 is 15.9 Å². The van der Waals surface area contributed by atoms with Gasteiger partial charge in [-0.3, -0.25) is 4.79 Å². The molecule has 7 nitrogen and oxygen atoms in total. The van der Waals surface area contributed by atoms with Crippen LogP contribution < -0.4 is 19.7 Å². The lowest BCUT2D eigenvalue weighted by molar-refractivity contribution is -0.120. The number of carbonyl (C=O) groups excluding carboxylic acids is 1. The molecule has 3 aromatic rings. The standard InChI is InChI=1S/C23H23BrN4O3/c1-30-19-3-2-4-20(15-19)31-23-21(25-11-12-26-23)28-13-9-16(10-14-28)22(29)27-18-7-5-17(24)6-8-18/h2-8,11-12,15-16H,9-10,13-14H2,1H3,(H,27,29). The van der Waals surface area contributed by atoms with Crippen LogP contribution in [0, 0.1) is 5.92 Å². The van der Waals surface area contributed by atoms with E-state index < -0.39 is 0 Å². The fraction of sp³-hybridized carbons (Fsp3) is 0.261. The molecule has 0 bridgehead atoms. The first-order valence-corrected chi connectivity index (χ1v) is 10.9. The van der Waals surface area contributed by atoms with E-state index in [-0.39, 0.29) is 11.8 Å². The van der Waals surface area contributed by atoms with Gasteiger partial charge in [0.05, 0.1) is 7.11 Å². The van der Waals surface area contributed by atoms with Crippen LogP contribution in [-0.4, -0.2) is 36.1 Å². The number of ether oxygens (including phenoxy) is 2. The van der Waals surface area contributed by atoms with Gasteiger partial charge in [-0.2, -0.15) is 0 Å². The van der Waals surface area contributed by atoms with Gasteiger partial charge in [-0.05, 0) is 49.2 Å². The Morgan fingerprint density at radius 3 is 2.52 bits per heavy atom. The zero-order valence-corrected chi connectivity index (χ0v) is 18.7. The number of aromatic nitrogens is 2. The van der Waals surface area contributed by atoms with Crippen molar-refractivity contribution in [1.82, 2.24) is 9.97 Å². The van der Waals surface area contributed by atoms with E-state index in [1.807, 2.05) is 42.5 Å². The molecule has 1 fully saturated rings. The maximum atomic E-state index is 12.7. The minimum Gasteiger partial charge on any atom is -0.497 e. The Bertz CT molecular complexity index is 1040. The molecule has 160 valence electrons. The quantitative estimate of drug-likeness (QED) is 0.538. The van der Waals surface area contributed by atoms with Crippen LogP contribution in [0.15, 0.2) is 65.4 Å². The molecule has 0 unspecified atom stereocenters. The number of carbonyl (C=O) groups is 1. The summed E-state index contributed by atoms with van der Waals surface area (Å²) < 4.78 is 12.2. The van der Waals surface area contributed by atoms with E-state index in [4.69, 9.17) is 9.47 Å². The molecule has 2 heterocycles. The SMILES string of the molecule is COc1cccc(Oc2nccnc2N2CCC(C(=O)Nc3ccc(Br)cc3)CC2)c1. The Kier molecular flexibility index (Phi) is 6.66. The maximum Gasteiger partial charge on any atom is 0.263 e. The summed E-state index contributed by atoms with van der Waals surface area (Å²) in [6.45, 7) is 1.40. The molecule has 0 spiro atoms. The highest BCUT2D eigenvalue weighted by Crippen LogP contribution is 2.32. The first kappa shape index (κ1) is 21.1. The summed E-state index contributed by atoms with van der Waals surface area (Å²) in [5.41, 5.74) is 0.804. The van der Waals surface area contributed by atoms with Gasteiger partial charge in [0.2, 0.25) is 5.91 Å². The molecule has 0 aliphatic carbocycles. The molecule has 0 atom stereocenters. The zero-order chi connectivity index (χ0) is 21.6. The van der Waals surface area contributed by atoms with Crippen molar-refractivity contribution in [2.75, 3.05) is 30.4 Å². The smallest absolute Gasteiger partial charge is 0.263 e. The largest absolute Gasteiger partial charge is 0.497 e. The number of piperidine rings is 1. The predicted octanol–water partition coefficient (Wildman–Crippen LogP) is 4.90. The zero-order valence-electron chi connectivity index (χ0n) is 17.1. The van der Waals surface area contributed by atoms with Crippen molar-refractivity contribution in [1.29, 1.82) is 0 Å². The summed E-state index contributed by atoms with van der Waals surface area (Å²) in [5, 5.41) is 3.01. The molecule has 1 saturated heterocycles. The third-order valence-electron chi connectivity index (χ3n) is 5.18. The van der Waals surface area contributed by atoms with Crippen LogP contribution in [0.1, 0.15) is 12.8 Å². The topological polar surface area (TPSA) is 76.6 Å². The van der Waals surface area contributed by atoms with Gasteiger partial charge in [0.1, 0.15) is 11.5 Å². The molecule has 4 rings (SSSR count). The molecule has 1 aromatic heterocycles. The first-order valence-electron chi connectivity index (χ1n) is 10.1. The average Bonchev–Trinajstić information content (AvgIpc) is 2.81. The van der Waals surface area contributed by atoms with E-state index in [0.717, 1.165) is 23.0 Å². The van der Waals surface area contributed by atoms with Gasteiger partial charge < -0.3 is 19.7 Å². The van der Waals surface area contributed by atoms with E-state index in [2.05, 4.69) is 36.1 Å². The average molecular weight is 483 g/mol. The highest BCUT2D eigenvalue weighted by atomic mass is 79.9. The summed E-state index contributed by atoms with van der Waals surface area (Å²) in [6, 6.07) is 15.0. The number of nitrogens with zero attached hydrogens (tertiary/aromatic N) is 3. The highest BCUT2D eigenvalue weighted by Gasteiger charge is 2.27. The van der Waals surface area contributed by atoms with E-state index in [9.17, 15) is 4.79 Å². The van der Waals surface area contributed by atoms with Crippen molar-refractivity contribution in [3.05, 3.63) is 65.4 Å². The van der Waals surface area contributed by atoms with Crippen LogP contribution in [0.5, 0.6) is 17.4 Å². The van der Waals surface area contributed by atoms with Crippen molar-refractivity contribution in [2.24, 2.45) is 5.92 Å². The Labute approximate surface area is 189 Å². The van der Waals surface area contributed by atoms with Gasteiger partial charge in [0.25, 0.3) is 5.88 Å². The van der Waals surface area contributed by atoms with Crippen LogP contribution in [0.25, 0.3) is 0 Å². The van der Waals surface area contributed by atoms with Gasteiger partial charge in [0.15, 0.2) is 5.82 Å². The molecular weight excluding hydrogens is 460 g/mol.